The Balaban J connectivity index is 2.08. The summed E-state index contributed by atoms with van der Waals surface area (Å²) in [5, 5.41) is 0. The number of ether oxygens (including phenoxy) is 2. The number of amides is 1. The normalized spacial score (nSPS) is 18.8. The van der Waals surface area contributed by atoms with Crippen LogP contribution in [0.1, 0.15) is 31.7 Å². The number of nitrogens with zero attached hydrogens (tertiary/aromatic N) is 1. The Morgan fingerprint density at radius 1 is 1.24 bits per heavy atom. The zero-order valence-corrected chi connectivity index (χ0v) is 13.0. The summed E-state index contributed by atoms with van der Waals surface area (Å²) < 4.78 is 10.5. The Labute approximate surface area is 126 Å². The van der Waals surface area contributed by atoms with E-state index in [2.05, 4.69) is 6.92 Å². The molecule has 0 aromatic heterocycles. The van der Waals surface area contributed by atoms with Crippen molar-refractivity contribution in [3.05, 3.63) is 29.8 Å². The third-order valence-electron chi connectivity index (χ3n) is 3.91. The second-order valence-electron chi connectivity index (χ2n) is 5.32. The fourth-order valence-corrected chi connectivity index (χ4v) is 2.65. The number of hydrogen-bond acceptors (Lipinski definition) is 3. The number of likely N-dealkylation sites (tertiary alicyclic amines) is 1. The molecule has 4 heteroatoms. The van der Waals surface area contributed by atoms with E-state index in [0.29, 0.717) is 17.5 Å². The van der Waals surface area contributed by atoms with Gasteiger partial charge in [0.05, 0.1) is 14.2 Å². The van der Waals surface area contributed by atoms with Crippen LogP contribution in [0.15, 0.2) is 24.3 Å². The van der Waals surface area contributed by atoms with Gasteiger partial charge in [0.25, 0.3) is 0 Å². The van der Waals surface area contributed by atoms with Crippen LogP contribution in [0.3, 0.4) is 0 Å². The van der Waals surface area contributed by atoms with Gasteiger partial charge in [-0.25, -0.2) is 0 Å². The van der Waals surface area contributed by atoms with E-state index in [0.717, 1.165) is 24.9 Å². The van der Waals surface area contributed by atoms with E-state index in [-0.39, 0.29) is 5.91 Å². The lowest BCUT2D eigenvalue weighted by atomic mass is 10.0. The fraction of sp³-hybridized carbons (Fsp3) is 0.471. The summed E-state index contributed by atoms with van der Waals surface area (Å²) in [6, 6.07) is 5.95. The minimum Gasteiger partial charge on any atom is -0.493 e. The molecule has 1 aliphatic rings. The van der Waals surface area contributed by atoms with Gasteiger partial charge < -0.3 is 14.4 Å². The van der Waals surface area contributed by atoms with Gasteiger partial charge in [-0.1, -0.05) is 6.07 Å². The highest BCUT2D eigenvalue weighted by molar-refractivity contribution is 5.92. The number of carbonyl (C=O) groups excluding carboxylic acids is 1. The Bertz CT molecular complexity index is 525. The first-order valence-corrected chi connectivity index (χ1v) is 7.36. The average molecular weight is 289 g/mol. The molecule has 0 saturated carbocycles. The van der Waals surface area contributed by atoms with Gasteiger partial charge in [0, 0.05) is 18.7 Å². The molecule has 1 aromatic carbocycles. The molecule has 1 aromatic rings. The van der Waals surface area contributed by atoms with Crippen molar-refractivity contribution in [3.63, 3.8) is 0 Å². The molecule has 1 atom stereocenters. The lowest BCUT2D eigenvalue weighted by Crippen LogP contribution is -2.41. The molecule has 1 aliphatic heterocycles. The molecule has 0 spiro atoms. The van der Waals surface area contributed by atoms with Gasteiger partial charge in [-0.2, -0.15) is 0 Å². The topological polar surface area (TPSA) is 38.8 Å². The van der Waals surface area contributed by atoms with Gasteiger partial charge in [-0.15, -0.1) is 0 Å². The van der Waals surface area contributed by atoms with E-state index in [1.165, 1.54) is 6.42 Å². The largest absolute Gasteiger partial charge is 0.493 e. The Morgan fingerprint density at radius 2 is 2.00 bits per heavy atom. The zero-order chi connectivity index (χ0) is 15.2. The first-order valence-electron chi connectivity index (χ1n) is 7.36. The van der Waals surface area contributed by atoms with Crippen LogP contribution in [0.2, 0.25) is 0 Å². The molecule has 4 nitrogen and oxygen atoms in total. The Morgan fingerprint density at radius 3 is 2.67 bits per heavy atom. The predicted molar refractivity (Wildman–Crippen MR) is 83.6 cm³/mol. The predicted octanol–water partition coefficient (Wildman–Crippen LogP) is 3.12. The SMILES string of the molecule is COc1ccc(/C=C/C(=O)N2CCCCC2C)cc1OC. The van der Waals surface area contributed by atoms with Crippen LogP contribution in [-0.2, 0) is 4.79 Å². The Hall–Kier alpha value is -1.97. The minimum absolute atomic E-state index is 0.0805. The van der Waals surface area contributed by atoms with Crippen molar-refractivity contribution >= 4 is 12.0 Å². The van der Waals surface area contributed by atoms with Crippen molar-refractivity contribution in [1.82, 2.24) is 4.90 Å². The smallest absolute Gasteiger partial charge is 0.246 e. The first kappa shape index (κ1) is 15.4. The molecule has 114 valence electrons. The third-order valence-corrected chi connectivity index (χ3v) is 3.91. The van der Waals surface area contributed by atoms with E-state index in [1.54, 1.807) is 20.3 Å². The highest BCUT2D eigenvalue weighted by Gasteiger charge is 2.21. The molecular weight excluding hydrogens is 266 g/mol. The average Bonchev–Trinajstić information content (AvgIpc) is 2.52. The highest BCUT2D eigenvalue weighted by atomic mass is 16.5. The molecule has 0 aliphatic carbocycles. The fourth-order valence-electron chi connectivity index (χ4n) is 2.65. The van der Waals surface area contributed by atoms with Crippen LogP contribution in [0.5, 0.6) is 11.5 Å². The van der Waals surface area contributed by atoms with Crippen LogP contribution < -0.4 is 9.47 Å². The van der Waals surface area contributed by atoms with Crippen molar-refractivity contribution < 1.29 is 14.3 Å². The Kier molecular flexibility index (Phi) is 5.26. The molecule has 1 saturated heterocycles. The molecule has 0 bridgehead atoms. The molecule has 21 heavy (non-hydrogen) atoms. The van der Waals surface area contributed by atoms with E-state index in [9.17, 15) is 4.79 Å². The standard InChI is InChI=1S/C17H23NO3/c1-13-6-4-5-11-18(13)17(19)10-8-14-7-9-15(20-2)16(12-14)21-3/h7-10,12-13H,4-6,11H2,1-3H3/b10-8+. The molecule has 1 amide bonds. The van der Waals surface area contributed by atoms with Gasteiger partial charge in [0.15, 0.2) is 11.5 Å². The molecule has 1 fully saturated rings. The van der Waals surface area contributed by atoms with Crippen LogP contribution in [0.25, 0.3) is 6.08 Å². The minimum atomic E-state index is 0.0805. The summed E-state index contributed by atoms with van der Waals surface area (Å²) in [6.07, 6.45) is 6.87. The molecule has 0 radical (unpaired) electrons. The number of benzene rings is 1. The summed E-state index contributed by atoms with van der Waals surface area (Å²) in [4.78, 5) is 14.2. The lowest BCUT2D eigenvalue weighted by molar-refractivity contribution is -0.129. The van der Waals surface area contributed by atoms with Crippen molar-refractivity contribution in [1.29, 1.82) is 0 Å². The van der Waals surface area contributed by atoms with E-state index >= 15 is 0 Å². The molecule has 0 N–H and O–H groups in total. The monoisotopic (exact) mass is 289 g/mol. The molecule has 1 heterocycles. The summed E-state index contributed by atoms with van der Waals surface area (Å²) in [5.41, 5.74) is 0.922. The zero-order valence-electron chi connectivity index (χ0n) is 13.0. The van der Waals surface area contributed by atoms with E-state index < -0.39 is 0 Å². The third kappa shape index (κ3) is 3.78. The van der Waals surface area contributed by atoms with Gasteiger partial charge in [0.2, 0.25) is 5.91 Å². The van der Waals surface area contributed by atoms with Crippen LogP contribution in [-0.4, -0.2) is 37.6 Å². The van der Waals surface area contributed by atoms with Crippen LogP contribution >= 0.6 is 0 Å². The van der Waals surface area contributed by atoms with Crippen molar-refractivity contribution in [2.24, 2.45) is 0 Å². The van der Waals surface area contributed by atoms with Crippen molar-refractivity contribution in [2.45, 2.75) is 32.2 Å². The summed E-state index contributed by atoms with van der Waals surface area (Å²) >= 11 is 0. The van der Waals surface area contributed by atoms with Gasteiger partial charge in [-0.05, 0) is 50.0 Å². The second-order valence-corrected chi connectivity index (χ2v) is 5.32. The van der Waals surface area contributed by atoms with Crippen LogP contribution in [0.4, 0.5) is 0 Å². The highest BCUT2D eigenvalue weighted by Crippen LogP contribution is 2.28. The molecule has 2 rings (SSSR count). The maximum Gasteiger partial charge on any atom is 0.246 e. The van der Waals surface area contributed by atoms with Gasteiger partial charge in [0.1, 0.15) is 0 Å². The van der Waals surface area contributed by atoms with Crippen molar-refractivity contribution in [3.8, 4) is 11.5 Å². The number of hydrogen-bond donors (Lipinski definition) is 0. The van der Waals surface area contributed by atoms with Gasteiger partial charge >= 0.3 is 0 Å². The summed E-state index contributed by atoms with van der Waals surface area (Å²) in [5.74, 6) is 1.43. The second kappa shape index (κ2) is 7.16. The molecular formula is C17H23NO3. The van der Waals surface area contributed by atoms with Crippen molar-refractivity contribution in [2.75, 3.05) is 20.8 Å². The maximum absolute atomic E-state index is 12.2. The molecule has 1 unspecified atom stereocenters. The van der Waals surface area contributed by atoms with E-state index in [4.69, 9.17) is 9.47 Å². The summed E-state index contributed by atoms with van der Waals surface area (Å²) in [7, 11) is 3.21. The van der Waals surface area contributed by atoms with E-state index in [1.807, 2.05) is 29.2 Å². The van der Waals surface area contributed by atoms with Gasteiger partial charge in [-0.3, -0.25) is 4.79 Å². The lowest BCUT2D eigenvalue weighted by Gasteiger charge is -2.32. The number of methoxy groups -OCH3 is 2. The number of piperidine rings is 1. The summed E-state index contributed by atoms with van der Waals surface area (Å²) in [6.45, 7) is 2.97. The quantitative estimate of drug-likeness (QED) is 0.799. The first-order chi connectivity index (χ1) is 10.2. The van der Waals surface area contributed by atoms with Crippen LogP contribution in [0, 0.1) is 0 Å². The maximum atomic E-state index is 12.2. The number of rotatable bonds is 4. The number of carbonyl (C=O) groups is 1.